The Morgan fingerprint density at radius 1 is 1.07 bits per heavy atom. The zero-order valence-electron chi connectivity index (χ0n) is 15.8. The molecule has 2 aromatic carbocycles. The standard InChI is InChI=1S/C22H26F2N2O/c1-15-6-3-4-9-19(15)21-20-14-26(13-17(20)12-25(21)2)11-16-7-5-8-18(10-16)27-22(23)24/h3-10,17,20-22H,11-14H2,1-2H3/t17-,20+,21+/m0/s1. The number of hydrogen-bond acceptors (Lipinski definition) is 3. The van der Waals surface area contributed by atoms with Crippen LogP contribution in [0.2, 0.25) is 0 Å². The van der Waals surface area contributed by atoms with Gasteiger partial charge >= 0.3 is 6.61 Å². The van der Waals surface area contributed by atoms with Gasteiger partial charge in [0.25, 0.3) is 0 Å². The summed E-state index contributed by atoms with van der Waals surface area (Å²) in [6.45, 7) is 3.38. The number of fused-ring (bicyclic) bond motifs is 1. The number of likely N-dealkylation sites (tertiary alicyclic amines) is 2. The SMILES string of the molecule is Cc1ccccc1[C@@H]1[C@@H]2CN(Cc3cccc(OC(F)F)c3)C[C@@H]2CN1C. The van der Waals surface area contributed by atoms with Crippen molar-refractivity contribution in [1.29, 1.82) is 0 Å². The molecule has 0 aliphatic carbocycles. The number of alkyl halides is 2. The van der Waals surface area contributed by atoms with Crippen molar-refractivity contribution in [1.82, 2.24) is 9.80 Å². The quantitative estimate of drug-likeness (QED) is 0.777. The Bertz CT molecular complexity index is 797. The van der Waals surface area contributed by atoms with Crippen LogP contribution in [0.25, 0.3) is 0 Å². The third kappa shape index (κ3) is 3.85. The average molecular weight is 372 g/mol. The Labute approximate surface area is 159 Å². The highest BCUT2D eigenvalue weighted by Gasteiger charge is 2.46. The van der Waals surface area contributed by atoms with E-state index in [1.165, 1.54) is 11.1 Å². The minimum absolute atomic E-state index is 0.236. The maximum Gasteiger partial charge on any atom is 0.387 e. The molecule has 0 aromatic heterocycles. The second-order valence-electron chi connectivity index (χ2n) is 7.88. The lowest BCUT2D eigenvalue weighted by Crippen LogP contribution is -2.29. The molecule has 5 heteroatoms. The van der Waals surface area contributed by atoms with Crippen LogP contribution in [0, 0.1) is 18.8 Å². The van der Waals surface area contributed by atoms with E-state index in [1.54, 1.807) is 18.2 Å². The van der Waals surface area contributed by atoms with Gasteiger partial charge in [0.1, 0.15) is 5.75 Å². The molecule has 3 nitrogen and oxygen atoms in total. The predicted octanol–water partition coefficient (Wildman–Crippen LogP) is 4.33. The van der Waals surface area contributed by atoms with Crippen molar-refractivity contribution in [3.05, 3.63) is 65.2 Å². The van der Waals surface area contributed by atoms with E-state index in [9.17, 15) is 8.78 Å². The molecule has 4 rings (SSSR count). The van der Waals surface area contributed by atoms with Gasteiger partial charge in [0.05, 0.1) is 0 Å². The molecule has 0 radical (unpaired) electrons. The van der Waals surface area contributed by atoms with Gasteiger partial charge in [0.15, 0.2) is 0 Å². The summed E-state index contributed by atoms with van der Waals surface area (Å²) in [4.78, 5) is 4.95. The second kappa shape index (κ2) is 7.56. The van der Waals surface area contributed by atoms with Crippen LogP contribution in [0.3, 0.4) is 0 Å². The fraction of sp³-hybridized carbons (Fsp3) is 0.455. The van der Waals surface area contributed by atoms with E-state index < -0.39 is 6.61 Å². The zero-order valence-corrected chi connectivity index (χ0v) is 15.8. The first-order valence-electron chi connectivity index (χ1n) is 9.53. The summed E-state index contributed by atoms with van der Waals surface area (Å²) in [6.07, 6.45) is 0. The largest absolute Gasteiger partial charge is 0.435 e. The predicted molar refractivity (Wildman–Crippen MR) is 102 cm³/mol. The van der Waals surface area contributed by atoms with Crippen LogP contribution in [-0.4, -0.2) is 43.1 Å². The molecule has 27 heavy (non-hydrogen) atoms. The maximum absolute atomic E-state index is 12.4. The third-order valence-electron chi connectivity index (χ3n) is 6.01. The van der Waals surface area contributed by atoms with E-state index in [0.29, 0.717) is 17.9 Å². The summed E-state index contributed by atoms with van der Waals surface area (Å²) in [5.74, 6) is 1.50. The summed E-state index contributed by atoms with van der Waals surface area (Å²) in [6, 6.07) is 16.2. The van der Waals surface area contributed by atoms with E-state index in [2.05, 4.69) is 52.8 Å². The van der Waals surface area contributed by atoms with Gasteiger partial charge in [-0.05, 0) is 54.6 Å². The normalized spacial score (nSPS) is 25.9. The van der Waals surface area contributed by atoms with Crippen molar-refractivity contribution in [2.24, 2.45) is 11.8 Å². The molecule has 0 unspecified atom stereocenters. The van der Waals surface area contributed by atoms with Gasteiger partial charge in [-0.25, -0.2) is 0 Å². The first kappa shape index (κ1) is 18.4. The van der Waals surface area contributed by atoms with E-state index in [-0.39, 0.29) is 5.75 Å². The summed E-state index contributed by atoms with van der Waals surface area (Å²) < 4.78 is 29.4. The molecule has 2 heterocycles. The Kier molecular flexibility index (Phi) is 5.15. The molecular formula is C22H26F2N2O. The average Bonchev–Trinajstić information content (AvgIpc) is 3.11. The number of benzene rings is 2. The number of halogens is 2. The van der Waals surface area contributed by atoms with Crippen molar-refractivity contribution in [2.75, 3.05) is 26.7 Å². The fourth-order valence-corrected chi connectivity index (χ4v) is 4.94. The van der Waals surface area contributed by atoms with Crippen LogP contribution in [0.5, 0.6) is 5.75 Å². The van der Waals surface area contributed by atoms with Crippen molar-refractivity contribution >= 4 is 0 Å². The zero-order chi connectivity index (χ0) is 19.0. The van der Waals surface area contributed by atoms with Gasteiger partial charge in [-0.15, -0.1) is 0 Å². The molecule has 2 aromatic rings. The topological polar surface area (TPSA) is 15.7 Å². The molecule has 144 valence electrons. The molecule has 3 atom stereocenters. The van der Waals surface area contributed by atoms with Crippen molar-refractivity contribution < 1.29 is 13.5 Å². The van der Waals surface area contributed by atoms with Crippen LogP contribution in [0.1, 0.15) is 22.7 Å². The van der Waals surface area contributed by atoms with Gasteiger partial charge in [-0.1, -0.05) is 36.4 Å². The van der Waals surface area contributed by atoms with Gasteiger partial charge < -0.3 is 4.74 Å². The van der Waals surface area contributed by atoms with Crippen LogP contribution in [0.4, 0.5) is 8.78 Å². The summed E-state index contributed by atoms with van der Waals surface area (Å²) >= 11 is 0. The van der Waals surface area contributed by atoms with Crippen molar-refractivity contribution in [2.45, 2.75) is 26.1 Å². The molecule has 0 amide bonds. The molecule has 0 saturated carbocycles. The van der Waals surface area contributed by atoms with Gasteiger partial charge in [-0.2, -0.15) is 8.78 Å². The molecular weight excluding hydrogens is 346 g/mol. The van der Waals surface area contributed by atoms with Gasteiger partial charge in [-0.3, -0.25) is 9.80 Å². The second-order valence-corrected chi connectivity index (χ2v) is 7.88. The lowest BCUT2D eigenvalue weighted by Gasteiger charge is -2.28. The first-order valence-corrected chi connectivity index (χ1v) is 9.53. The molecule has 2 aliphatic heterocycles. The smallest absolute Gasteiger partial charge is 0.387 e. The van der Waals surface area contributed by atoms with Gasteiger partial charge in [0.2, 0.25) is 0 Å². The molecule has 0 spiro atoms. The number of nitrogens with zero attached hydrogens (tertiary/aromatic N) is 2. The lowest BCUT2D eigenvalue weighted by atomic mass is 9.88. The monoisotopic (exact) mass is 372 g/mol. The summed E-state index contributed by atoms with van der Waals surface area (Å²) in [7, 11) is 2.23. The Morgan fingerprint density at radius 2 is 1.89 bits per heavy atom. The Hall–Kier alpha value is -1.98. The van der Waals surface area contributed by atoms with Crippen molar-refractivity contribution in [3.63, 3.8) is 0 Å². The fourth-order valence-electron chi connectivity index (χ4n) is 4.94. The van der Waals surface area contributed by atoms with Crippen LogP contribution >= 0.6 is 0 Å². The minimum Gasteiger partial charge on any atom is -0.435 e. The first-order chi connectivity index (χ1) is 13.0. The molecule has 0 bridgehead atoms. The number of hydrogen-bond donors (Lipinski definition) is 0. The van der Waals surface area contributed by atoms with Crippen LogP contribution < -0.4 is 4.74 Å². The van der Waals surface area contributed by atoms with E-state index >= 15 is 0 Å². The summed E-state index contributed by atoms with van der Waals surface area (Å²) in [5.41, 5.74) is 3.81. The molecule has 2 aliphatic rings. The van der Waals surface area contributed by atoms with Gasteiger partial charge in [0, 0.05) is 32.2 Å². The maximum atomic E-state index is 12.4. The molecule has 0 N–H and O–H groups in total. The summed E-state index contributed by atoms with van der Waals surface area (Å²) in [5, 5.41) is 0. The van der Waals surface area contributed by atoms with Crippen LogP contribution in [-0.2, 0) is 6.54 Å². The lowest BCUT2D eigenvalue weighted by molar-refractivity contribution is -0.0499. The van der Waals surface area contributed by atoms with E-state index in [0.717, 1.165) is 31.7 Å². The van der Waals surface area contributed by atoms with Crippen molar-refractivity contribution in [3.8, 4) is 5.75 Å². The van der Waals surface area contributed by atoms with E-state index in [1.807, 2.05) is 6.07 Å². The Balaban J connectivity index is 1.47. The highest BCUT2D eigenvalue weighted by Crippen LogP contribution is 2.45. The Morgan fingerprint density at radius 3 is 2.67 bits per heavy atom. The highest BCUT2D eigenvalue weighted by molar-refractivity contribution is 5.31. The van der Waals surface area contributed by atoms with E-state index in [4.69, 9.17) is 0 Å². The number of aryl methyl sites for hydroxylation is 1. The minimum atomic E-state index is -2.78. The molecule has 2 fully saturated rings. The van der Waals surface area contributed by atoms with Crippen LogP contribution in [0.15, 0.2) is 48.5 Å². The number of rotatable bonds is 5. The number of ether oxygens (including phenoxy) is 1. The highest BCUT2D eigenvalue weighted by atomic mass is 19.3. The third-order valence-corrected chi connectivity index (χ3v) is 6.01. The molecule has 2 saturated heterocycles.